The molecule has 19 heavy (non-hydrogen) atoms. The number of ether oxygens (including phenoxy) is 1. The SMILES string of the molecule is Cc1cccc(C)c1OC1CC(Br)C12CCCCC2. The van der Waals surface area contributed by atoms with Gasteiger partial charge in [-0.05, 0) is 44.2 Å². The number of rotatable bonds is 2. The smallest absolute Gasteiger partial charge is 0.125 e. The minimum atomic E-state index is 0.410. The van der Waals surface area contributed by atoms with Crippen LogP contribution < -0.4 is 4.74 Å². The maximum absolute atomic E-state index is 6.45. The van der Waals surface area contributed by atoms with Gasteiger partial charge in [-0.15, -0.1) is 0 Å². The van der Waals surface area contributed by atoms with Gasteiger partial charge in [0.15, 0.2) is 0 Å². The number of hydrogen-bond donors (Lipinski definition) is 0. The second-order valence-corrected chi connectivity index (χ2v) is 7.43. The average molecular weight is 323 g/mol. The Kier molecular flexibility index (Phi) is 3.63. The highest BCUT2D eigenvalue weighted by Gasteiger charge is 2.55. The van der Waals surface area contributed by atoms with Crippen LogP contribution >= 0.6 is 15.9 Å². The van der Waals surface area contributed by atoms with Crippen LogP contribution in [-0.4, -0.2) is 10.9 Å². The molecule has 1 spiro atoms. The van der Waals surface area contributed by atoms with Crippen molar-refractivity contribution in [1.82, 2.24) is 0 Å². The highest BCUT2D eigenvalue weighted by atomic mass is 79.9. The van der Waals surface area contributed by atoms with E-state index in [-0.39, 0.29) is 0 Å². The van der Waals surface area contributed by atoms with Gasteiger partial charge >= 0.3 is 0 Å². The molecule has 0 saturated heterocycles. The van der Waals surface area contributed by atoms with Gasteiger partial charge in [0.1, 0.15) is 11.9 Å². The van der Waals surface area contributed by atoms with Gasteiger partial charge in [0.05, 0.1) is 0 Å². The number of halogens is 1. The van der Waals surface area contributed by atoms with Gasteiger partial charge in [-0.3, -0.25) is 0 Å². The first-order valence-corrected chi connectivity index (χ1v) is 8.42. The minimum Gasteiger partial charge on any atom is -0.489 e. The zero-order chi connectivity index (χ0) is 13.5. The monoisotopic (exact) mass is 322 g/mol. The van der Waals surface area contributed by atoms with Crippen molar-refractivity contribution in [2.75, 3.05) is 0 Å². The molecule has 2 aliphatic carbocycles. The molecule has 3 rings (SSSR count). The minimum absolute atomic E-state index is 0.410. The van der Waals surface area contributed by atoms with Crippen LogP contribution in [-0.2, 0) is 0 Å². The van der Waals surface area contributed by atoms with Gasteiger partial charge in [0.2, 0.25) is 0 Å². The Morgan fingerprint density at radius 2 is 1.74 bits per heavy atom. The third-order valence-corrected chi connectivity index (χ3v) is 6.43. The molecule has 0 amide bonds. The van der Waals surface area contributed by atoms with Crippen molar-refractivity contribution in [3.05, 3.63) is 29.3 Å². The molecular weight excluding hydrogens is 300 g/mol. The molecule has 2 aliphatic rings. The number of hydrogen-bond acceptors (Lipinski definition) is 1. The number of benzene rings is 1. The van der Waals surface area contributed by atoms with Crippen LogP contribution in [0.5, 0.6) is 5.75 Å². The summed E-state index contributed by atoms with van der Waals surface area (Å²) in [7, 11) is 0. The van der Waals surface area contributed by atoms with Gasteiger partial charge < -0.3 is 4.74 Å². The van der Waals surface area contributed by atoms with Gasteiger partial charge in [0.25, 0.3) is 0 Å². The van der Waals surface area contributed by atoms with Gasteiger partial charge in [-0.2, -0.15) is 0 Å². The maximum atomic E-state index is 6.45. The fourth-order valence-electron chi connectivity index (χ4n) is 3.84. The molecule has 1 aromatic rings. The van der Waals surface area contributed by atoms with E-state index in [4.69, 9.17) is 4.74 Å². The van der Waals surface area contributed by atoms with Crippen molar-refractivity contribution in [1.29, 1.82) is 0 Å². The molecule has 104 valence electrons. The summed E-state index contributed by atoms with van der Waals surface area (Å²) in [5.41, 5.74) is 2.94. The quantitative estimate of drug-likeness (QED) is 0.682. The first kappa shape index (κ1) is 13.5. The Balaban J connectivity index is 1.80. The Hall–Kier alpha value is -0.500. The molecule has 0 N–H and O–H groups in total. The third-order valence-electron chi connectivity index (χ3n) is 5.14. The molecule has 2 heteroatoms. The van der Waals surface area contributed by atoms with Crippen LogP contribution in [0.2, 0.25) is 0 Å². The summed E-state index contributed by atoms with van der Waals surface area (Å²) in [6.07, 6.45) is 8.38. The van der Waals surface area contributed by atoms with Crippen LogP contribution in [0, 0.1) is 19.3 Å². The van der Waals surface area contributed by atoms with Crippen molar-refractivity contribution in [3.8, 4) is 5.75 Å². The largest absolute Gasteiger partial charge is 0.489 e. The lowest BCUT2D eigenvalue weighted by Crippen LogP contribution is -2.57. The van der Waals surface area contributed by atoms with Crippen LogP contribution in [0.15, 0.2) is 18.2 Å². The van der Waals surface area contributed by atoms with E-state index >= 15 is 0 Å². The molecular formula is C17H23BrO. The molecule has 0 aliphatic heterocycles. The van der Waals surface area contributed by atoms with E-state index in [0.29, 0.717) is 16.3 Å². The molecule has 0 heterocycles. The summed E-state index contributed by atoms with van der Waals surface area (Å²) in [5.74, 6) is 1.12. The van der Waals surface area contributed by atoms with Gasteiger partial charge in [-0.25, -0.2) is 0 Å². The Bertz CT molecular complexity index is 442. The van der Waals surface area contributed by atoms with E-state index < -0.39 is 0 Å². The highest BCUT2D eigenvalue weighted by molar-refractivity contribution is 9.09. The molecule has 1 nitrogen and oxygen atoms in total. The van der Waals surface area contributed by atoms with Crippen molar-refractivity contribution >= 4 is 15.9 Å². The Labute approximate surface area is 124 Å². The van der Waals surface area contributed by atoms with E-state index in [9.17, 15) is 0 Å². The molecule has 2 fully saturated rings. The fraction of sp³-hybridized carbons (Fsp3) is 0.647. The van der Waals surface area contributed by atoms with Crippen molar-refractivity contribution < 1.29 is 4.74 Å². The molecule has 2 saturated carbocycles. The van der Waals surface area contributed by atoms with Crippen LogP contribution in [0.3, 0.4) is 0 Å². The Morgan fingerprint density at radius 1 is 1.11 bits per heavy atom. The van der Waals surface area contributed by atoms with Crippen molar-refractivity contribution in [2.24, 2.45) is 5.41 Å². The number of para-hydroxylation sites is 1. The lowest BCUT2D eigenvalue weighted by Gasteiger charge is -2.55. The summed E-state index contributed by atoms with van der Waals surface area (Å²) in [6.45, 7) is 4.31. The van der Waals surface area contributed by atoms with E-state index in [1.807, 2.05) is 0 Å². The first-order chi connectivity index (χ1) is 9.13. The summed E-state index contributed by atoms with van der Waals surface area (Å²) in [4.78, 5) is 0.662. The molecule has 2 atom stereocenters. The Morgan fingerprint density at radius 3 is 2.32 bits per heavy atom. The summed E-state index contributed by atoms with van der Waals surface area (Å²) in [5, 5.41) is 0. The second kappa shape index (κ2) is 5.12. The second-order valence-electron chi connectivity index (χ2n) is 6.32. The average Bonchev–Trinajstić information content (AvgIpc) is 2.43. The van der Waals surface area contributed by atoms with Crippen LogP contribution in [0.1, 0.15) is 49.7 Å². The normalized spacial score (nSPS) is 29.0. The predicted octanol–water partition coefficient (Wildman–Crippen LogP) is 5.17. The first-order valence-electron chi connectivity index (χ1n) is 7.50. The van der Waals surface area contributed by atoms with E-state index in [1.54, 1.807) is 0 Å². The third kappa shape index (κ3) is 2.22. The zero-order valence-electron chi connectivity index (χ0n) is 11.9. The standard InChI is InChI=1S/C17H23BrO/c1-12-7-6-8-13(2)16(12)19-15-11-14(18)17(15)9-4-3-5-10-17/h6-8,14-15H,3-5,9-11H2,1-2H3. The van der Waals surface area contributed by atoms with Crippen molar-refractivity contribution in [3.63, 3.8) is 0 Å². The highest BCUT2D eigenvalue weighted by Crippen LogP contribution is 2.56. The van der Waals surface area contributed by atoms with Gasteiger partial charge in [-0.1, -0.05) is 53.4 Å². The van der Waals surface area contributed by atoms with E-state index in [2.05, 4.69) is 48.0 Å². The zero-order valence-corrected chi connectivity index (χ0v) is 13.5. The fourth-order valence-corrected chi connectivity index (χ4v) is 4.93. The number of aryl methyl sites for hydroxylation is 2. The number of alkyl halides is 1. The topological polar surface area (TPSA) is 9.23 Å². The lowest BCUT2D eigenvalue weighted by atomic mass is 9.58. The summed E-state index contributed by atoms with van der Waals surface area (Å²) < 4.78 is 6.45. The summed E-state index contributed by atoms with van der Waals surface area (Å²) in [6, 6.07) is 6.42. The molecule has 2 unspecified atom stereocenters. The molecule has 0 radical (unpaired) electrons. The lowest BCUT2D eigenvalue weighted by molar-refractivity contribution is -0.0607. The maximum Gasteiger partial charge on any atom is 0.125 e. The van der Waals surface area contributed by atoms with E-state index in [0.717, 1.165) is 12.2 Å². The van der Waals surface area contributed by atoms with Crippen molar-refractivity contribution in [2.45, 2.75) is 63.3 Å². The van der Waals surface area contributed by atoms with Gasteiger partial charge in [0, 0.05) is 10.2 Å². The van der Waals surface area contributed by atoms with Crippen LogP contribution in [0.4, 0.5) is 0 Å². The van der Waals surface area contributed by atoms with Crippen LogP contribution in [0.25, 0.3) is 0 Å². The molecule has 0 aromatic heterocycles. The molecule has 1 aromatic carbocycles. The predicted molar refractivity (Wildman–Crippen MR) is 83.2 cm³/mol. The molecule has 0 bridgehead atoms. The van der Waals surface area contributed by atoms with E-state index in [1.165, 1.54) is 43.2 Å². The summed E-state index contributed by atoms with van der Waals surface area (Å²) >= 11 is 3.89.